The van der Waals surface area contributed by atoms with Gasteiger partial charge in [-0.1, -0.05) is 39.0 Å². The van der Waals surface area contributed by atoms with E-state index in [0.717, 1.165) is 11.3 Å². The monoisotopic (exact) mass is 235 g/mol. The maximum absolute atomic E-state index is 11.1. The van der Waals surface area contributed by atoms with Crippen LogP contribution in [0.2, 0.25) is 0 Å². The third-order valence-corrected chi connectivity index (χ3v) is 2.56. The van der Waals surface area contributed by atoms with Gasteiger partial charge in [-0.25, -0.2) is 0 Å². The molecule has 1 N–H and O–H groups in total. The Kier molecular flexibility index (Phi) is 4.55. The van der Waals surface area contributed by atoms with Gasteiger partial charge in [-0.05, 0) is 17.0 Å². The maximum atomic E-state index is 11.1. The Hall–Kier alpha value is -1.51. The van der Waals surface area contributed by atoms with E-state index in [1.807, 2.05) is 18.2 Å². The highest BCUT2D eigenvalue weighted by Gasteiger charge is 2.18. The zero-order valence-corrected chi connectivity index (χ0v) is 11.0. The van der Waals surface area contributed by atoms with Gasteiger partial charge in [0, 0.05) is 7.05 Å². The van der Waals surface area contributed by atoms with Gasteiger partial charge in [0.1, 0.15) is 5.75 Å². The minimum atomic E-state index is -0.00163. The van der Waals surface area contributed by atoms with E-state index in [9.17, 15) is 4.79 Å². The van der Waals surface area contributed by atoms with Crippen LogP contribution in [0.15, 0.2) is 24.3 Å². The molecule has 0 atom stereocenters. The summed E-state index contributed by atoms with van der Waals surface area (Å²) in [6.07, 6.45) is 0.384. The van der Waals surface area contributed by atoms with Crippen LogP contribution >= 0.6 is 0 Å². The van der Waals surface area contributed by atoms with Gasteiger partial charge in [-0.3, -0.25) is 4.79 Å². The maximum Gasteiger partial charge on any atom is 0.223 e. The van der Waals surface area contributed by atoms with Gasteiger partial charge in [0.25, 0.3) is 0 Å². The molecule has 0 fully saturated rings. The quantitative estimate of drug-likeness (QED) is 0.870. The number of carbonyl (C=O) groups excluding carboxylic acids is 1. The normalized spacial score (nSPS) is 11.1. The number of hydrogen-bond donors (Lipinski definition) is 1. The number of amides is 1. The van der Waals surface area contributed by atoms with Crippen molar-refractivity contribution in [2.75, 3.05) is 13.7 Å². The first kappa shape index (κ1) is 13.6. The minimum absolute atomic E-state index is 0.00163. The number of benzene rings is 1. The van der Waals surface area contributed by atoms with Crippen molar-refractivity contribution in [3.05, 3.63) is 29.8 Å². The number of rotatable bonds is 4. The number of carbonyl (C=O) groups is 1. The van der Waals surface area contributed by atoms with Crippen LogP contribution in [0.25, 0.3) is 0 Å². The van der Waals surface area contributed by atoms with Crippen LogP contribution in [0.3, 0.4) is 0 Å². The van der Waals surface area contributed by atoms with E-state index >= 15 is 0 Å². The van der Waals surface area contributed by atoms with E-state index in [4.69, 9.17) is 4.74 Å². The van der Waals surface area contributed by atoms with E-state index in [1.54, 1.807) is 7.05 Å². The second-order valence-corrected chi connectivity index (χ2v) is 5.02. The summed E-state index contributed by atoms with van der Waals surface area (Å²) in [6.45, 7) is 6.85. The highest BCUT2D eigenvalue weighted by atomic mass is 16.5. The van der Waals surface area contributed by atoms with Crippen LogP contribution in [-0.2, 0) is 10.2 Å². The van der Waals surface area contributed by atoms with Gasteiger partial charge in [-0.2, -0.15) is 0 Å². The van der Waals surface area contributed by atoms with Crippen LogP contribution in [0.4, 0.5) is 0 Å². The zero-order valence-electron chi connectivity index (χ0n) is 11.0. The summed E-state index contributed by atoms with van der Waals surface area (Å²) in [5, 5.41) is 2.58. The molecular formula is C14H21NO2. The second-order valence-electron chi connectivity index (χ2n) is 5.02. The molecule has 94 valence electrons. The van der Waals surface area contributed by atoms with Gasteiger partial charge in [0.05, 0.1) is 13.0 Å². The molecule has 1 aromatic rings. The average molecular weight is 235 g/mol. The Bertz CT molecular complexity index is 380. The van der Waals surface area contributed by atoms with E-state index in [2.05, 4.69) is 32.2 Å². The van der Waals surface area contributed by atoms with E-state index in [0.29, 0.717) is 13.0 Å². The highest BCUT2D eigenvalue weighted by Crippen LogP contribution is 2.30. The molecule has 0 heterocycles. The minimum Gasteiger partial charge on any atom is -0.493 e. The molecule has 0 radical (unpaired) electrons. The SMILES string of the molecule is CNC(=O)CCOc1ccccc1C(C)(C)C. The predicted molar refractivity (Wildman–Crippen MR) is 69.3 cm³/mol. The summed E-state index contributed by atoms with van der Waals surface area (Å²) >= 11 is 0. The molecular weight excluding hydrogens is 214 g/mol. The van der Waals surface area contributed by atoms with Crippen molar-refractivity contribution in [3.8, 4) is 5.75 Å². The van der Waals surface area contributed by atoms with E-state index in [1.165, 1.54) is 0 Å². The molecule has 0 aliphatic carbocycles. The zero-order chi connectivity index (χ0) is 12.9. The van der Waals surface area contributed by atoms with Crippen molar-refractivity contribution in [2.45, 2.75) is 32.6 Å². The van der Waals surface area contributed by atoms with E-state index in [-0.39, 0.29) is 11.3 Å². The van der Waals surface area contributed by atoms with Crippen LogP contribution in [0.5, 0.6) is 5.75 Å². The molecule has 17 heavy (non-hydrogen) atoms. The summed E-state index contributed by atoms with van der Waals surface area (Å²) < 4.78 is 5.68. The van der Waals surface area contributed by atoms with Crippen molar-refractivity contribution >= 4 is 5.91 Å². The van der Waals surface area contributed by atoms with Crippen LogP contribution < -0.4 is 10.1 Å². The standard InChI is InChI=1S/C14H21NO2/c1-14(2,3)11-7-5-6-8-12(11)17-10-9-13(16)15-4/h5-8H,9-10H2,1-4H3,(H,15,16). The van der Waals surface area contributed by atoms with Gasteiger partial charge in [0.2, 0.25) is 5.91 Å². The lowest BCUT2D eigenvalue weighted by Crippen LogP contribution is -2.21. The van der Waals surface area contributed by atoms with Crippen molar-refractivity contribution < 1.29 is 9.53 Å². The van der Waals surface area contributed by atoms with Crippen molar-refractivity contribution in [3.63, 3.8) is 0 Å². The fourth-order valence-corrected chi connectivity index (χ4v) is 1.59. The highest BCUT2D eigenvalue weighted by molar-refractivity contribution is 5.75. The molecule has 0 aliphatic heterocycles. The molecule has 3 nitrogen and oxygen atoms in total. The first-order valence-electron chi connectivity index (χ1n) is 5.88. The molecule has 0 saturated carbocycles. The van der Waals surface area contributed by atoms with Crippen LogP contribution in [-0.4, -0.2) is 19.6 Å². The van der Waals surface area contributed by atoms with E-state index < -0.39 is 0 Å². The van der Waals surface area contributed by atoms with Crippen molar-refractivity contribution in [2.24, 2.45) is 0 Å². The average Bonchev–Trinajstić information content (AvgIpc) is 2.28. The number of hydrogen-bond acceptors (Lipinski definition) is 2. The Morgan fingerprint density at radius 2 is 1.94 bits per heavy atom. The Morgan fingerprint density at radius 1 is 1.29 bits per heavy atom. The fourth-order valence-electron chi connectivity index (χ4n) is 1.59. The molecule has 0 aliphatic rings. The topological polar surface area (TPSA) is 38.3 Å². The molecule has 0 spiro atoms. The third-order valence-electron chi connectivity index (χ3n) is 2.56. The summed E-state index contributed by atoms with van der Waals surface area (Å²) in [5.74, 6) is 0.863. The molecule has 1 rings (SSSR count). The van der Waals surface area contributed by atoms with Crippen LogP contribution in [0, 0.1) is 0 Å². The lowest BCUT2D eigenvalue weighted by Gasteiger charge is -2.22. The summed E-state index contributed by atoms with van der Waals surface area (Å²) in [4.78, 5) is 11.1. The number of nitrogens with one attached hydrogen (secondary N) is 1. The third kappa shape index (κ3) is 4.10. The first-order chi connectivity index (χ1) is 7.95. The van der Waals surface area contributed by atoms with Gasteiger partial charge >= 0.3 is 0 Å². The molecule has 1 amide bonds. The molecule has 0 unspecified atom stereocenters. The van der Waals surface area contributed by atoms with Crippen LogP contribution in [0.1, 0.15) is 32.8 Å². The predicted octanol–water partition coefficient (Wildman–Crippen LogP) is 2.50. The van der Waals surface area contributed by atoms with Gasteiger partial charge < -0.3 is 10.1 Å². The Labute approximate surface area is 103 Å². The summed E-state index contributed by atoms with van der Waals surface area (Å²) in [6, 6.07) is 7.97. The first-order valence-corrected chi connectivity index (χ1v) is 5.88. The number of ether oxygens (including phenoxy) is 1. The largest absolute Gasteiger partial charge is 0.493 e. The van der Waals surface area contributed by atoms with Crippen molar-refractivity contribution in [1.82, 2.24) is 5.32 Å². The van der Waals surface area contributed by atoms with Gasteiger partial charge in [-0.15, -0.1) is 0 Å². The smallest absolute Gasteiger partial charge is 0.223 e. The lowest BCUT2D eigenvalue weighted by atomic mass is 9.86. The summed E-state index contributed by atoms with van der Waals surface area (Å²) in [7, 11) is 1.63. The molecule has 0 aromatic heterocycles. The molecule has 0 bridgehead atoms. The number of para-hydroxylation sites is 1. The fraction of sp³-hybridized carbons (Fsp3) is 0.500. The summed E-state index contributed by atoms with van der Waals surface area (Å²) in [5.41, 5.74) is 1.21. The Morgan fingerprint density at radius 3 is 2.53 bits per heavy atom. The van der Waals surface area contributed by atoms with Crippen molar-refractivity contribution in [1.29, 1.82) is 0 Å². The lowest BCUT2D eigenvalue weighted by molar-refractivity contribution is -0.121. The second kappa shape index (κ2) is 5.71. The molecule has 1 aromatic carbocycles. The molecule has 3 heteroatoms. The Balaban J connectivity index is 2.68. The molecule has 0 saturated heterocycles. The van der Waals surface area contributed by atoms with Gasteiger partial charge in [0.15, 0.2) is 0 Å².